The first-order chi connectivity index (χ1) is 15.8. The topological polar surface area (TPSA) is 158 Å². The molecule has 0 aliphatic rings. The minimum absolute atomic E-state index is 0.00522. The van der Waals surface area contributed by atoms with E-state index >= 15 is 0 Å². The van der Waals surface area contributed by atoms with Crippen LogP contribution in [0.1, 0.15) is 11.1 Å². The second-order valence-corrected chi connectivity index (χ2v) is 8.05. The lowest BCUT2D eigenvalue weighted by Gasteiger charge is -2.22. The van der Waals surface area contributed by atoms with Gasteiger partial charge in [0, 0.05) is 35.7 Å². The van der Waals surface area contributed by atoms with Gasteiger partial charge in [0.25, 0.3) is 0 Å². The first-order valence-electron chi connectivity index (χ1n) is 10.3. The number of nitrogens with one attached hydrogen (secondary N) is 3. The van der Waals surface area contributed by atoms with Gasteiger partial charge in [0.2, 0.25) is 11.8 Å². The van der Waals surface area contributed by atoms with Crippen LogP contribution in [0.3, 0.4) is 0 Å². The maximum absolute atomic E-state index is 13.1. The molecule has 2 aromatic carbocycles. The summed E-state index contributed by atoms with van der Waals surface area (Å²) >= 11 is 4.02. The summed E-state index contributed by atoms with van der Waals surface area (Å²) in [7, 11) is 0. The molecule has 0 bridgehead atoms. The smallest absolute Gasteiger partial charge is 0.326 e. The summed E-state index contributed by atoms with van der Waals surface area (Å²) < 4.78 is 0. The van der Waals surface area contributed by atoms with E-state index in [0.717, 1.165) is 16.5 Å². The Kier molecular flexibility index (Phi) is 7.96. The molecule has 0 saturated carbocycles. The minimum Gasteiger partial charge on any atom is -0.508 e. The summed E-state index contributed by atoms with van der Waals surface area (Å²) in [5.41, 5.74) is 8.04. The summed E-state index contributed by atoms with van der Waals surface area (Å²) in [4.78, 5) is 40.5. The fraction of sp³-hybridized carbons (Fsp3) is 0.261. The van der Waals surface area contributed by atoms with Crippen LogP contribution in [-0.2, 0) is 27.2 Å². The van der Waals surface area contributed by atoms with Crippen molar-refractivity contribution >= 4 is 41.3 Å². The number of nitrogens with two attached hydrogens (primary N) is 1. The molecule has 0 aliphatic carbocycles. The van der Waals surface area contributed by atoms with E-state index in [2.05, 4.69) is 28.2 Å². The molecule has 0 unspecified atom stereocenters. The van der Waals surface area contributed by atoms with Crippen molar-refractivity contribution in [2.75, 3.05) is 5.75 Å². The summed E-state index contributed by atoms with van der Waals surface area (Å²) in [5.74, 6) is -2.29. The minimum atomic E-state index is -1.23. The lowest BCUT2D eigenvalue weighted by molar-refractivity contribution is -0.142. The first kappa shape index (κ1) is 24.1. The number of aromatic nitrogens is 1. The largest absolute Gasteiger partial charge is 0.508 e. The number of aromatic amines is 1. The van der Waals surface area contributed by atoms with Crippen LogP contribution in [-0.4, -0.2) is 56.9 Å². The molecule has 0 aliphatic heterocycles. The Labute approximate surface area is 195 Å². The van der Waals surface area contributed by atoms with Crippen molar-refractivity contribution in [3.05, 3.63) is 65.9 Å². The van der Waals surface area contributed by atoms with Gasteiger partial charge in [-0.2, -0.15) is 12.6 Å². The lowest BCUT2D eigenvalue weighted by Crippen LogP contribution is -2.55. The second-order valence-electron chi connectivity index (χ2n) is 7.68. The molecule has 3 atom stereocenters. The summed E-state index contributed by atoms with van der Waals surface area (Å²) in [5, 5.41) is 25.1. The molecular weight excluding hydrogens is 444 g/mol. The highest BCUT2D eigenvalue weighted by Crippen LogP contribution is 2.19. The third kappa shape index (κ3) is 6.27. The number of carbonyl (C=O) groups is 3. The highest BCUT2D eigenvalue weighted by molar-refractivity contribution is 7.80. The lowest BCUT2D eigenvalue weighted by atomic mass is 10.0. The Morgan fingerprint density at radius 3 is 2.30 bits per heavy atom. The van der Waals surface area contributed by atoms with E-state index in [-0.39, 0.29) is 24.3 Å². The molecule has 7 N–H and O–H groups in total. The number of aromatic hydroxyl groups is 1. The van der Waals surface area contributed by atoms with E-state index in [4.69, 9.17) is 5.73 Å². The van der Waals surface area contributed by atoms with Gasteiger partial charge in [0.1, 0.15) is 17.8 Å². The number of fused-ring (bicyclic) bond motifs is 1. The first-order valence-corrected chi connectivity index (χ1v) is 10.9. The van der Waals surface area contributed by atoms with E-state index in [1.54, 1.807) is 18.3 Å². The number of phenolic OH excluding ortho intramolecular Hbond substituents is 1. The SMILES string of the molecule is N[C@@H](CS)C(=O)N[C@@H](Cc1c[nH]c2ccccc12)C(=O)N[C@@H](Cc1ccc(O)cc1)C(=O)O. The predicted molar refractivity (Wildman–Crippen MR) is 127 cm³/mol. The van der Waals surface area contributed by atoms with Crippen LogP contribution in [0, 0.1) is 0 Å². The van der Waals surface area contributed by atoms with Gasteiger partial charge in [-0.3, -0.25) is 9.59 Å². The monoisotopic (exact) mass is 470 g/mol. The van der Waals surface area contributed by atoms with E-state index in [9.17, 15) is 24.6 Å². The number of H-pyrrole nitrogens is 1. The fourth-order valence-corrected chi connectivity index (χ4v) is 3.60. The van der Waals surface area contributed by atoms with Gasteiger partial charge in [-0.25, -0.2) is 4.79 Å². The van der Waals surface area contributed by atoms with Gasteiger partial charge in [-0.1, -0.05) is 30.3 Å². The molecule has 1 heterocycles. The number of carboxylic acid groups (broad SMARTS) is 1. The van der Waals surface area contributed by atoms with Crippen molar-refractivity contribution in [3.8, 4) is 5.75 Å². The molecule has 0 saturated heterocycles. The van der Waals surface area contributed by atoms with Crippen LogP contribution in [0.2, 0.25) is 0 Å². The number of carbonyl (C=O) groups excluding carboxylic acids is 2. The van der Waals surface area contributed by atoms with Gasteiger partial charge in [0.05, 0.1) is 6.04 Å². The summed E-state index contributed by atoms with van der Waals surface area (Å²) in [6.45, 7) is 0. The number of carboxylic acids is 1. The molecule has 174 valence electrons. The Morgan fingerprint density at radius 2 is 1.64 bits per heavy atom. The quantitative estimate of drug-likeness (QED) is 0.219. The third-order valence-corrected chi connectivity index (χ3v) is 5.65. The molecule has 0 fully saturated rings. The molecule has 9 nitrogen and oxygen atoms in total. The van der Waals surface area contributed by atoms with Crippen LogP contribution in [0.15, 0.2) is 54.7 Å². The molecular formula is C23H26N4O5S. The van der Waals surface area contributed by atoms with Crippen molar-refractivity contribution in [2.45, 2.75) is 31.0 Å². The molecule has 3 rings (SSSR count). The molecule has 10 heteroatoms. The number of thiol groups is 1. The Morgan fingerprint density at radius 1 is 0.970 bits per heavy atom. The van der Waals surface area contributed by atoms with Crippen LogP contribution in [0.4, 0.5) is 0 Å². The number of aliphatic carboxylic acids is 1. The van der Waals surface area contributed by atoms with Gasteiger partial charge >= 0.3 is 5.97 Å². The highest BCUT2D eigenvalue weighted by Gasteiger charge is 2.28. The van der Waals surface area contributed by atoms with Crippen LogP contribution in [0.5, 0.6) is 5.75 Å². The van der Waals surface area contributed by atoms with E-state index in [0.29, 0.717) is 5.56 Å². The molecule has 3 aromatic rings. The van der Waals surface area contributed by atoms with Crippen molar-refractivity contribution < 1.29 is 24.6 Å². The zero-order valence-electron chi connectivity index (χ0n) is 17.7. The molecule has 0 spiro atoms. The number of benzene rings is 2. The number of rotatable bonds is 10. The highest BCUT2D eigenvalue weighted by atomic mass is 32.1. The van der Waals surface area contributed by atoms with Gasteiger partial charge in [0.15, 0.2) is 0 Å². The third-order valence-electron chi connectivity index (χ3n) is 5.26. The average Bonchev–Trinajstić information content (AvgIpc) is 3.21. The molecule has 2 amide bonds. The van der Waals surface area contributed by atoms with E-state index in [1.807, 2.05) is 24.3 Å². The molecule has 0 radical (unpaired) electrons. The zero-order valence-corrected chi connectivity index (χ0v) is 18.6. The zero-order chi connectivity index (χ0) is 24.0. The Bertz CT molecular complexity index is 1130. The summed E-state index contributed by atoms with van der Waals surface area (Å²) in [6.07, 6.45) is 1.89. The van der Waals surface area contributed by atoms with E-state index in [1.165, 1.54) is 12.1 Å². The van der Waals surface area contributed by atoms with Gasteiger partial charge < -0.3 is 31.6 Å². The average molecular weight is 471 g/mol. The number of para-hydroxylation sites is 1. The fourth-order valence-electron chi connectivity index (χ4n) is 3.43. The normalized spacial score (nSPS) is 13.8. The number of hydrogen-bond donors (Lipinski definition) is 7. The van der Waals surface area contributed by atoms with Crippen LogP contribution >= 0.6 is 12.6 Å². The van der Waals surface area contributed by atoms with Gasteiger partial charge in [-0.15, -0.1) is 0 Å². The van der Waals surface area contributed by atoms with Crippen LogP contribution in [0.25, 0.3) is 10.9 Å². The maximum Gasteiger partial charge on any atom is 0.326 e. The van der Waals surface area contributed by atoms with Crippen molar-refractivity contribution in [1.82, 2.24) is 15.6 Å². The maximum atomic E-state index is 13.1. The number of phenols is 1. The van der Waals surface area contributed by atoms with Crippen molar-refractivity contribution in [2.24, 2.45) is 5.73 Å². The van der Waals surface area contributed by atoms with Crippen molar-refractivity contribution in [1.29, 1.82) is 0 Å². The summed E-state index contributed by atoms with van der Waals surface area (Å²) in [6, 6.07) is 10.4. The number of hydrogen-bond acceptors (Lipinski definition) is 6. The predicted octanol–water partition coefficient (Wildman–Crippen LogP) is 0.970. The van der Waals surface area contributed by atoms with Crippen LogP contribution < -0.4 is 16.4 Å². The Hall–Kier alpha value is -3.50. The van der Waals surface area contributed by atoms with E-state index < -0.39 is 35.9 Å². The second kappa shape index (κ2) is 10.9. The number of amides is 2. The standard InChI is InChI=1S/C23H26N4O5S/c24-17(12-33)21(29)26-19(10-14-11-25-18-4-2-1-3-16(14)18)22(30)27-20(23(31)32)9-13-5-7-15(28)8-6-13/h1-8,11,17,19-20,25,28,33H,9-10,12,24H2,(H,26,29)(H,27,30)(H,31,32)/t17-,19-,20-/m0/s1. The molecule has 33 heavy (non-hydrogen) atoms. The van der Waals surface area contributed by atoms with Gasteiger partial charge in [-0.05, 0) is 29.3 Å². The van der Waals surface area contributed by atoms with Crippen molar-refractivity contribution in [3.63, 3.8) is 0 Å². The Balaban J connectivity index is 1.81. The molecule has 1 aromatic heterocycles.